The fourth-order valence-electron chi connectivity index (χ4n) is 3.34. The van der Waals surface area contributed by atoms with E-state index in [0.29, 0.717) is 48.8 Å². The second-order valence-electron chi connectivity index (χ2n) is 7.48. The minimum atomic E-state index is -0.0137. The number of nitrogens with one attached hydrogen (secondary N) is 2. The van der Waals surface area contributed by atoms with Crippen LogP contribution in [-0.4, -0.2) is 62.7 Å². The SMILES string of the molecule is COCCOc1cc2c(Nc3ccc(C)c(Cl)c3)ncnc2cc1OCC1CNCCO1. The zero-order valence-corrected chi connectivity index (χ0v) is 18.9. The standard InChI is InChI=1S/C23H27ClN4O4/c1-15-3-4-16(9-19(15)24)28-23-18-10-21(31-8-7-29-2)22(11-20(18)26-14-27-23)32-13-17-12-25-5-6-30-17/h3-4,9-11,14,17,25H,5-8,12-13H2,1-2H3,(H,26,27,28). The Bertz CT molecular complexity index is 1060. The van der Waals surface area contributed by atoms with E-state index in [4.69, 9.17) is 30.5 Å². The Morgan fingerprint density at radius 3 is 2.81 bits per heavy atom. The van der Waals surface area contributed by atoms with Crippen molar-refractivity contribution in [1.82, 2.24) is 15.3 Å². The summed E-state index contributed by atoms with van der Waals surface area (Å²) in [4.78, 5) is 8.85. The Hall–Kier alpha value is -2.65. The predicted octanol–water partition coefficient (Wildman–Crippen LogP) is 3.73. The van der Waals surface area contributed by atoms with Crippen LogP contribution in [0.1, 0.15) is 5.56 Å². The van der Waals surface area contributed by atoms with Gasteiger partial charge in [0.2, 0.25) is 0 Å². The highest BCUT2D eigenvalue weighted by Crippen LogP contribution is 2.35. The van der Waals surface area contributed by atoms with Gasteiger partial charge in [0.05, 0.1) is 18.7 Å². The Labute approximate surface area is 192 Å². The molecule has 1 fully saturated rings. The van der Waals surface area contributed by atoms with Gasteiger partial charge >= 0.3 is 0 Å². The Balaban J connectivity index is 1.62. The fourth-order valence-corrected chi connectivity index (χ4v) is 3.52. The topological polar surface area (TPSA) is 86.8 Å². The van der Waals surface area contributed by atoms with E-state index in [0.717, 1.165) is 35.2 Å². The van der Waals surface area contributed by atoms with Crippen LogP contribution in [0.3, 0.4) is 0 Å². The van der Waals surface area contributed by atoms with Crippen molar-refractivity contribution in [2.45, 2.75) is 13.0 Å². The van der Waals surface area contributed by atoms with Gasteiger partial charge in [0.25, 0.3) is 0 Å². The Kier molecular flexibility index (Phi) is 7.59. The largest absolute Gasteiger partial charge is 0.487 e. The summed E-state index contributed by atoms with van der Waals surface area (Å²) in [6, 6.07) is 9.54. The van der Waals surface area contributed by atoms with Crippen LogP contribution in [0, 0.1) is 6.92 Å². The summed E-state index contributed by atoms with van der Waals surface area (Å²) in [5, 5.41) is 8.12. The number of hydrogen-bond acceptors (Lipinski definition) is 8. The Morgan fingerprint density at radius 2 is 2.03 bits per heavy atom. The van der Waals surface area contributed by atoms with Crippen molar-refractivity contribution >= 4 is 34.0 Å². The molecule has 0 spiro atoms. The van der Waals surface area contributed by atoms with Gasteiger partial charge in [-0.15, -0.1) is 0 Å². The number of methoxy groups -OCH3 is 1. The number of morpholine rings is 1. The number of benzene rings is 2. The molecule has 0 amide bonds. The van der Waals surface area contributed by atoms with Gasteiger partial charge in [0.15, 0.2) is 11.5 Å². The van der Waals surface area contributed by atoms with Gasteiger partial charge in [-0.2, -0.15) is 0 Å². The van der Waals surface area contributed by atoms with E-state index in [2.05, 4.69) is 20.6 Å². The molecule has 8 nitrogen and oxygen atoms in total. The molecule has 3 aromatic rings. The molecular formula is C23H27ClN4O4. The first-order valence-corrected chi connectivity index (χ1v) is 10.9. The number of fused-ring (bicyclic) bond motifs is 1. The first kappa shape index (κ1) is 22.5. The van der Waals surface area contributed by atoms with Gasteiger partial charge in [0.1, 0.15) is 31.5 Å². The molecule has 32 heavy (non-hydrogen) atoms. The third kappa shape index (κ3) is 5.58. The highest BCUT2D eigenvalue weighted by atomic mass is 35.5. The number of halogens is 1. The molecule has 170 valence electrons. The molecule has 2 aromatic carbocycles. The molecule has 9 heteroatoms. The van der Waals surface area contributed by atoms with Gasteiger partial charge in [-0.05, 0) is 30.7 Å². The van der Waals surface area contributed by atoms with Crippen molar-refractivity contribution in [3.05, 3.63) is 47.2 Å². The third-order valence-corrected chi connectivity index (χ3v) is 5.52. The van der Waals surface area contributed by atoms with Gasteiger partial charge in [-0.1, -0.05) is 17.7 Å². The average Bonchev–Trinajstić information content (AvgIpc) is 2.81. The van der Waals surface area contributed by atoms with Crippen LogP contribution in [0.15, 0.2) is 36.7 Å². The molecule has 0 radical (unpaired) electrons. The summed E-state index contributed by atoms with van der Waals surface area (Å²) in [6.07, 6.45) is 1.50. The summed E-state index contributed by atoms with van der Waals surface area (Å²) >= 11 is 6.28. The van der Waals surface area contributed by atoms with Crippen molar-refractivity contribution < 1.29 is 18.9 Å². The minimum Gasteiger partial charge on any atom is -0.487 e. The van der Waals surface area contributed by atoms with Crippen LogP contribution in [0.5, 0.6) is 11.5 Å². The zero-order chi connectivity index (χ0) is 22.3. The fraction of sp³-hybridized carbons (Fsp3) is 0.391. The van der Waals surface area contributed by atoms with Crippen molar-refractivity contribution in [2.75, 3.05) is 51.9 Å². The van der Waals surface area contributed by atoms with E-state index < -0.39 is 0 Å². The maximum atomic E-state index is 6.28. The predicted molar refractivity (Wildman–Crippen MR) is 124 cm³/mol. The summed E-state index contributed by atoms with van der Waals surface area (Å²) in [5.41, 5.74) is 2.58. The maximum absolute atomic E-state index is 6.28. The molecule has 1 atom stereocenters. The summed E-state index contributed by atoms with van der Waals surface area (Å²) in [6.45, 7) is 5.52. The molecule has 0 saturated carbocycles. The van der Waals surface area contributed by atoms with Gasteiger partial charge < -0.3 is 29.6 Å². The molecule has 0 bridgehead atoms. The smallest absolute Gasteiger partial charge is 0.163 e. The van der Waals surface area contributed by atoms with Crippen LogP contribution >= 0.6 is 11.6 Å². The number of aromatic nitrogens is 2. The number of hydrogen-bond donors (Lipinski definition) is 2. The monoisotopic (exact) mass is 458 g/mol. The number of ether oxygens (including phenoxy) is 4. The van der Waals surface area contributed by atoms with Crippen molar-refractivity contribution in [1.29, 1.82) is 0 Å². The number of anilines is 2. The van der Waals surface area contributed by atoms with Crippen LogP contribution in [-0.2, 0) is 9.47 Å². The molecule has 1 saturated heterocycles. The zero-order valence-electron chi connectivity index (χ0n) is 18.2. The summed E-state index contributed by atoms with van der Waals surface area (Å²) < 4.78 is 22.9. The van der Waals surface area contributed by atoms with E-state index >= 15 is 0 Å². The lowest BCUT2D eigenvalue weighted by Gasteiger charge is -2.24. The van der Waals surface area contributed by atoms with E-state index in [-0.39, 0.29) is 6.10 Å². The van der Waals surface area contributed by atoms with E-state index in [1.807, 2.05) is 37.3 Å². The lowest BCUT2D eigenvalue weighted by Crippen LogP contribution is -2.41. The molecule has 1 aliphatic heterocycles. The van der Waals surface area contributed by atoms with Gasteiger partial charge in [0, 0.05) is 42.4 Å². The second-order valence-corrected chi connectivity index (χ2v) is 7.88. The minimum absolute atomic E-state index is 0.0137. The molecule has 1 aliphatic rings. The maximum Gasteiger partial charge on any atom is 0.163 e. The third-order valence-electron chi connectivity index (χ3n) is 5.11. The first-order chi connectivity index (χ1) is 15.6. The molecule has 4 rings (SSSR count). The van der Waals surface area contributed by atoms with Crippen molar-refractivity contribution in [3.8, 4) is 11.5 Å². The highest BCUT2D eigenvalue weighted by Gasteiger charge is 2.17. The second kappa shape index (κ2) is 10.8. The average molecular weight is 459 g/mol. The Morgan fingerprint density at radius 1 is 1.16 bits per heavy atom. The van der Waals surface area contributed by atoms with E-state index in [9.17, 15) is 0 Å². The first-order valence-electron chi connectivity index (χ1n) is 10.5. The van der Waals surface area contributed by atoms with Crippen molar-refractivity contribution in [3.63, 3.8) is 0 Å². The molecule has 1 unspecified atom stereocenters. The number of rotatable bonds is 9. The van der Waals surface area contributed by atoms with E-state index in [1.54, 1.807) is 7.11 Å². The molecular weight excluding hydrogens is 432 g/mol. The van der Waals surface area contributed by atoms with Crippen molar-refractivity contribution in [2.24, 2.45) is 0 Å². The van der Waals surface area contributed by atoms with Crippen LogP contribution in [0.25, 0.3) is 10.9 Å². The van der Waals surface area contributed by atoms with Gasteiger partial charge in [-0.3, -0.25) is 0 Å². The van der Waals surface area contributed by atoms with Crippen LogP contribution in [0.2, 0.25) is 5.02 Å². The molecule has 2 heterocycles. The quantitative estimate of drug-likeness (QED) is 0.469. The summed E-state index contributed by atoms with van der Waals surface area (Å²) in [5.74, 6) is 1.85. The number of aryl methyl sites for hydroxylation is 1. The molecule has 0 aliphatic carbocycles. The van der Waals surface area contributed by atoms with Crippen LogP contribution < -0.4 is 20.1 Å². The van der Waals surface area contributed by atoms with Crippen LogP contribution in [0.4, 0.5) is 11.5 Å². The summed E-state index contributed by atoms with van der Waals surface area (Å²) in [7, 11) is 1.64. The van der Waals surface area contributed by atoms with E-state index in [1.165, 1.54) is 6.33 Å². The molecule has 1 aromatic heterocycles. The lowest BCUT2D eigenvalue weighted by atomic mass is 10.2. The van der Waals surface area contributed by atoms with Gasteiger partial charge in [-0.25, -0.2) is 9.97 Å². The number of nitrogens with zero attached hydrogens (tertiary/aromatic N) is 2. The highest BCUT2D eigenvalue weighted by molar-refractivity contribution is 6.31. The molecule has 2 N–H and O–H groups in total. The normalized spacial score (nSPS) is 16.2. The lowest BCUT2D eigenvalue weighted by molar-refractivity contribution is -0.000456.